The fraction of sp³-hybridized carbons (Fsp3) is 0.423. The molecule has 1 saturated carbocycles. The molecule has 0 spiro atoms. The highest BCUT2D eigenvalue weighted by Gasteiger charge is 2.40. The fourth-order valence-electron chi connectivity index (χ4n) is 4.86. The van der Waals surface area contributed by atoms with E-state index in [4.69, 9.17) is 9.84 Å². The van der Waals surface area contributed by atoms with Crippen LogP contribution in [0.3, 0.4) is 0 Å². The number of hydrogen-bond donors (Lipinski definition) is 2. The lowest BCUT2D eigenvalue weighted by atomic mass is 9.79. The van der Waals surface area contributed by atoms with Crippen molar-refractivity contribution in [1.29, 1.82) is 0 Å². The number of benzene rings is 2. The molecule has 0 aliphatic heterocycles. The molecule has 2 aromatic rings. The minimum Gasteiger partial charge on any atom is -0.481 e. The summed E-state index contributed by atoms with van der Waals surface area (Å²) >= 11 is 0. The largest absolute Gasteiger partial charge is 0.481 e. The number of fused-ring (bicyclic) bond motifs is 3. The first-order chi connectivity index (χ1) is 15.9. The molecular weight excluding hydrogens is 420 g/mol. The van der Waals surface area contributed by atoms with Gasteiger partial charge in [0.15, 0.2) is 0 Å². The van der Waals surface area contributed by atoms with Gasteiger partial charge in [0, 0.05) is 19.0 Å². The van der Waals surface area contributed by atoms with Crippen LogP contribution in [0.4, 0.5) is 4.79 Å². The molecule has 0 saturated heterocycles. The van der Waals surface area contributed by atoms with Crippen LogP contribution < -0.4 is 5.32 Å². The molecule has 33 heavy (non-hydrogen) atoms. The number of likely N-dealkylation sites (N-methyl/N-ethyl adjacent to an activating group) is 1. The van der Waals surface area contributed by atoms with E-state index in [2.05, 4.69) is 29.6 Å². The van der Waals surface area contributed by atoms with E-state index in [-0.39, 0.29) is 24.5 Å². The van der Waals surface area contributed by atoms with Crippen molar-refractivity contribution in [2.75, 3.05) is 13.7 Å². The molecule has 1 fully saturated rings. The number of aliphatic carboxylic acids is 1. The maximum Gasteiger partial charge on any atom is 0.407 e. The summed E-state index contributed by atoms with van der Waals surface area (Å²) < 4.78 is 5.60. The van der Waals surface area contributed by atoms with Crippen molar-refractivity contribution in [2.45, 2.75) is 50.6 Å². The predicted octanol–water partition coefficient (Wildman–Crippen LogP) is 4.02. The maximum atomic E-state index is 13.0. The fourth-order valence-corrected chi connectivity index (χ4v) is 4.86. The van der Waals surface area contributed by atoms with Gasteiger partial charge >= 0.3 is 12.1 Å². The lowest BCUT2D eigenvalue weighted by Crippen LogP contribution is -2.54. The van der Waals surface area contributed by atoms with E-state index in [0.717, 1.165) is 28.7 Å². The first kappa shape index (κ1) is 22.8. The second-order valence-electron chi connectivity index (χ2n) is 8.92. The van der Waals surface area contributed by atoms with Crippen molar-refractivity contribution in [3.63, 3.8) is 0 Å². The zero-order chi connectivity index (χ0) is 23.5. The van der Waals surface area contributed by atoms with Crippen molar-refractivity contribution >= 4 is 18.0 Å². The van der Waals surface area contributed by atoms with Gasteiger partial charge in [0.2, 0.25) is 5.91 Å². The Bertz CT molecular complexity index is 1000. The van der Waals surface area contributed by atoms with E-state index in [9.17, 15) is 14.4 Å². The highest BCUT2D eigenvalue weighted by Crippen LogP contribution is 2.44. The number of carboxylic acids is 1. The Morgan fingerprint density at radius 1 is 1.06 bits per heavy atom. The van der Waals surface area contributed by atoms with Crippen LogP contribution in [0, 0.1) is 5.92 Å². The Kier molecular flexibility index (Phi) is 6.67. The zero-order valence-corrected chi connectivity index (χ0v) is 19.0. The van der Waals surface area contributed by atoms with Gasteiger partial charge < -0.3 is 20.1 Å². The monoisotopic (exact) mass is 450 g/mol. The summed E-state index contributed by atoms with van der Waals surface area (Å²) in [5.41, 5.74) is 4.57. The SMILES string of the molecule is CCCC(NC(=O)OCC1c2ccccc2-c2ccccc21)C(=O)N(C)C1CC(C(=O)O)C1. The Morgan fingerprint density at radius 3 is 2.18 bits per heavy atom. The van der Waals surface area contributed by atoms with Crippen LogP contribution in [0.2, 0.25) is 0 Å². The van der Waals surface area contributed by atoms with E-state index >= 15 is 0 Å². The first-order valence-corrected chi connectivity index (χ1v) is 11.5. The van der Waals surface area contributed by atoms with Gasteiger partial charge in [-0.05, 0) is 41.5 Å². The molecule has 0 bridgehead atoms. The van der Waals surface area contributed by atoms with Crippen LogP contribution in [0.25, 0.3) is 11.1 Å². The third kappa shape index (κ3) is 4.58. The molecular formula is C26H30N2O5. The number of hydrogen-bond acceptors (Lipinski definition) is 4. The van der Waals surface area contributed by atoms with Crippen molar-refractivity contribution in [1.82, 2.24) is 10.2 Å². The van der Waals surface area contributed by atoms with Crippen LogP contribution in [0.1, 0.15) is 49.7 Å². The molecule has 2 aromatic carbocycles. The first-order valence-electron chi connectivity index (χ1n) is 11.5. The summed E-state index contributed by atoms with van der Waals surface area (Å²) in [5, 5.41) is 11.8. The Morgan fingerprint density at radius 2 is 1.64 bits per heavy atom. The Balaban J connectivity index is 1.37. The lowest BCUT2D eigenvalue weighted by Gasteiger charge is -2.40. The predicted molar refractivity (Wildman–Crippen MR) is 124 cm³/mol. The van der Waals surface area contributed by atoms with Crippen molar-refractivity contribution in [3.05, 3.63) is 59.7 Å². The van der Waals surface area contributed by atoms with Gasteiger partial charge in [-0.25, -0.2) is 4.79 Å². The van der Waals surface area contributed by atoms with Crippen LogP contribution in [0.15, 0.2) is 48.5 Å². The second kappa shape index (κ2) is 9.65. The maximum absolute atomic E-state index is 13.0. The number of carboxylic acid groups (broad SMARTS) is 1. The molecule has 2 aliphatic rings. The van der Waals surface area contributed by atoms with E-state index < -0.39 is 24.0 Å². The Labute approximate surface area is 193 Å². The van der Waals surface area contributed by atoms with Crippen molar-refractivity contribution < 1.29 is 24.2 Å². The van der Waals surface area contributed by atoms with E-state index in [0.29, 0.717) is 19.3 Å². The van der Waals surface area contributed by atoms with Gasteiger partial charge in [-0.3, -0.25) is 9.59 Å². The summed E-state index contributed by atoms with van der Waals surface area (Å²) in [6.07, 6.45) is 1.48. The number of ether oxygens (including phenoxy) is 1. The molecule has 7 nitrogen and oxygen atoms in total. The number of amides is 2. The normalized spacial score (nSPS) is 19.6. The molecule has 7 heteroatoms. The van der Waals surface area contributed by atoms with Crippen molar-refractivity contribution in [3.8, 4) is 11.1 Å². The summed E-state index contributed by atoms with van der Waals surface area (Å²) in [7, 11) is 1.67. The van der Waals surface area contributed by atoms with Gasteiger partial charge in [0.1, 0.15) is 12.6 Å². The average molecular weight is 451 g/mol. The molecule has 1 atom stereocenters. The molecule has 2 N–H and O–H groups in total. The summed E-state index contributed by atoms with van der Waals surface area (Å²) in [4.78, 5) is 38.3. The molecule has 2 aliphatic carbocycles. The summed E-state index contributed by atoms with van der Waals surface area (Å²) in [6, 6.07) is 15.4. The van der Waals surface area contributed by atoms with Gasteiger partial charge in [0.25, 0.3) is 0 Å². The van der Waals surface area contributed by atoms with Crippen LogP contribution >= 0.6 is 0 Å². The lowest BCUT2D eigenvalue weighted by molar-refractivity contribution is -0.150. The van der Waals surface area contributed by atoms with Gasteiger partial charge in [0.05, 0.1) is 5.92 Å². The third-order valence-corrected chi connectivity index (χ3v) is 6.87. The van der Waals surface area contributed by atoms with E-state index in [1.165, 1.54) is 0 Å². The number of carbonyl (C=O) groups is 3. The number of alkyl carbamates (subject to hydrolysis) is 1. The smallest absolute Gasteiger partial charge is 0.407 e. The average Bonchev–Trinajstić information content (AvgIpc) is 3.09. The quantitative estimate of drug-likeness (QED) is 0.633. The number of carbonyl (C=O) groups excluding carboxylic acids is 2. The summed E-state index contributed by atoms with van der Waals surface area (Å²) in [6.45, 7) is 2.13. The van der Waals surface area contributed by atoms with Gasteiger partial charge in [-0.2, -0.15) is 0 Å². The number of nitrogens with one attached hydrogen (secondary N) is 1. The number of nitrogens with zero attached hydrogens (tertiary/aromatic N) is 1. The molecule has 0 aromatic heterocycles. The van der Waals surface area contributed by atoms with Crippen molar-refractivity contribution in [2.24, 2.45) is 5.92 Å². The molecule has 2 amide bonds. The van der Waals surface area contributed by atoms with Gasteiger partial charge in [-0.15, -0.1) is 0 Å². The molecule has 0 heterocycles. The molecule has 1 unspecified atom stereocenters. The molecule has 0 radical (unpaired) electrons. The summed E-state index contributed by atoms with van der Waals surface area (Å²) in [5.74, 6) is -1.48. The Hall–Kier alpha value is -3.35. The topological polar surface area (TPSA) is 95.9 Å². The molecule has 174 valence electrons. The van der Waals surface area contributed by atoms with E-state index in [1.807, 2.05) is 31.2 Å². The van der Waals surface area contributed by atoms with Crippen LogP contribution in [-0.2, 0) is 14.3 Å². The molecule has 4 rings (SSSR count). The second-order valence-corrected chi connectivity index (χ2v) is 8.92. The van der Waals surface area contributed by atoms with Crippen LogP contribution in [-0.4, -0.2) is 53.7 Å². The zero-order valence-electron chi connectivity index (χ0n) is 19.0. The van der Waals surface area contributed by atoms with Gasteiger partial charge in [-0.1, -0.05) is 61.9 Å². The van der Waals surface area contributed by atoms with E-state index in [1.54, 1.807) is 11.9 Å². The third-order valence-electron chi connectivity index (χ3n) is 6.87. The van der Waals surface area contributed by atoms with Crippen LogP contribution in [0.5, 0.6) is 0 Å². The minimum atomic E-state index is -0.825. The highest BCUT2D eigenvalue weighted by molar-refractivity contribution is 5.86. The highest BCUT2D eigenvalue weighted by atomic mass is 16.5. The minimum absolute atomic E-state index is 0.0471. The number of rotatable bonds is 8. The standard InChI is InChI=1S/C26H30N2O5/c1-3-8-23(24(29)28(2)17-13-16(14-17)25(30)31)27-26(32)33-15-22-20-11-6-4-9-18(20)19-10-5-7-12-21(19)22/h4-7,9-12,16-17,22-23H,3,8,13-15H2,1-2H3,(H,27,32)(H,30,31).